The zero-order chi connectivity index (χ0) is 10.8. The molecule has 2 aliphatic rings. The Labute approximate surface area is 92.0 Å². The highest BCUT2D eigenvalue weighted by atomic mass is 16.2. The smallest absolute Gasteiger partial charge is 0.224 e. The van der Waals surface area contributed by atoms with E-state index in [9.17, 15) is 4.79 Å². The average Bonchev–Trinajstić information content (AvgIpc) is 2.48. The molecule has 15 heavy (non-hydrogen) atoms. The number of carbonyl (C=O) groups excluding carboxylic acids is 1. The number of carbonyl (C=O) groups is 1. The van der Waals surface area contributed by atoms with Gasteiger partial charge in [0.2, 0.25) is 5.91 Å². The van der Waals surface area contributed by atoms with Crippen LogP contribution in [-0.2, 0) is 4.79 Å². The SMILES string of the molecule is CC(N)CC(=O)N1CCCC1C1CCC1. The van der Waals surface area contributed by atoms with Crippen LogP contribution in [0.2, 0.25) is 0 Å². The quantitative estimate of drug-likeness (QED) is 0.767. The van der Waals surface area contributed by atoms with Crippen LogP contribution in [0, 0.1) is 5.92 Å². The lowest BCUT2D eigenvalue weighted by Gasteiger charge is -2.37. The van der Waals surface area contributed by atoms with Gasteiger partial charge in [0.15, 0.2) is 0 Å². The predicted molar refractivity (Wildman–Crippen MR) is 60.3 cm³/mol. The minimum atomic E-state index is 0.000130. The van der Waals surface area contributed by atoms with Crippen LogP contribution < -0.4 is 5.73 Å². The van der Waals surface area contributed by atoms with E-state index < -0.39 is 0 Å². The van der Waals surface area contributed by atoms with Crippen molar-refractivity contribution in [3.63, 3.8) is 0 Å². The lowest BCUT2D eigenvalue weighted by molar-refractivity contribution is -0.133. The minimum Gasteiger partial charge on any atom is -0.339 e. The number of nitrogens with two attached hydrogens (primary N) is 1. The largest absolute Gasteiger partial charge is 0.339 e. The molecule has 1 amide bonds. The summed E-state index contributed by atoms with van der Waals surface area (Å²) in [5, 5.41) is 0. The summed E-state index contributed by atoms with van der Waals surface area (Å²) < 4.78 is 0. The van der Waals surface area contributed by atoms with E-state index in [0.717, 1.165) is 12.5 Å². The van der Waals surface area contributed by atoms with Crippen LogP contribution in [0.1, 0.15) is 45.4 Å². The van der Waals surface area contributed by atoms with E-state index in [1.54, 1.807) is 0 Å². The van der Waals surface area contributed by atoms with Gasteiger partial charge in [-0.05, 0) is 38.5 Å². The molecule has 2 fully saturated rings. The first-order valence-electron chi connectivity index (χ1n) is 6.23. The Hall–Kier alpha value is -0.570. The Morgan fingerprint density at radius 2 is 2.13 bits per heavy atom. The Bertz CT molecular complexity index is 236. The zero-order valence-electron chi connectivity index (χ0n) is 9.61. The second kappa shape index (κ2) is 4.52. The standard InChI is InChI=1S/C12H22N2O/c1-9(13)8-12(15)14-7-3-6-11(14)10-4-2-5-10/h9-11H,2-8,13H2,1H3. The van der Waals surface area contributed by atoms with Crippen molar-refractivity contribution in [3.8, 4) is 0 Å². The number of nitrogens with zero attached hydrogens (tertiary/aromatic N) is 1. The van der Waals surface area contributed by atoms with Crippen LogP contribution in [0.15, 0.2) is 0 Å². The first-order chi connectivity index (χ1) is 7.18. The number of hydrogen-bond acceptors (Lipinski definition) is 2. The fourth-order valence-corrected chi connectivity index (χ4v) is 2.81. The number of likely N-dealkylation sites (tertiary alicyclic amines) is 1. The van der Waals surface area contributed by atoms with Gasteiger partial charge in [0.05, 0.1) is 0 Å². The summed E-state index contributed by atoms with van der Waals surface area (Å²) >= 11 is 0. The predicted octanol–water partition coefficient (Wildman–Crippen LogP) is 1.51. The molecule has 1 aliphatic heterocycles. The van der Waals surface area contributed by atoms with E-state index in [2.05, 4.69) is 4.90 Å². The molecule has 0 spiro atoms. The molecule has 0 bridgehead atoms. The van der Waals surface area contributed by atoms with Gasteiger partial charge in [-0.2, -0.15) is 0 Å². The molecule has 2 atom stereocenters. The van der Waals surface area contributed by atoms with Crippen LogP contribution in [0.25, 0.3) is 0 Å². The summed E-state index contributed by atoms with van der Waals surface area (Å²) in [6.45, 7) is 2.87. The van der Waals surface area contributed by atoms with Gasteiger partial charge in [0.1, 0.15) is 0 Å². The van der Waals surface area contributed by atoms with Crippen molar-refractivity contribution in [1.82, 2.24) is 4.90 Å². The summed E-state index contributed by atoms with van der Waals surface area (Å²) in [5.41, 5.74) is 5.68. The fourth-order valence-electron chi connectivity index (χ4n) is 2.81. The lowest BCUT2D eigenvalue weighted by Crippen LogP contribution is -2.43. The van der Waals surface area contributed by atoms with Crippen molar-refractivity contribution in [1.29, 1.82) is 0 Å². The maximum atomic E-state index is 12.0. The van der Waals surface area contributed by atoms with Crippen LogP contribution in [0.5, 0.6) is 0 Å². The Kier molecular flexibility index (Phi) is 3.29. The van der Waals surface area contributed by atoms with Crippen molar-refractivity contribution in [2.75, 3.05) is 6.54 Å². The van der Waals surface area contributed by atoms with Crippen molar-refractivity contribution in [2.45, 2.75) is 57.5 Å². The molecule has 0 radical (unpaired) electrons. The van der Waals surface area contributed by atoms with Crippen LogP contribution >= 0.6 is 0 Å². The fraction of sp³-hybridized carbons (Fsp3) is 0.917. The van der Waals surface area contributed by atoms with Gasteiger partial charge in [-0.25, -0.2) is 0 Å². The third-order valence-electron chi connectivity index (χ3n) is 3.81. The summed E-state index contributed by atoms with van der Waals surface area (Å²) in [5.74, 6) is 1.07. The highest BCUT2D eigenvalue weighted by Crippen LogP contribution is 2.37. The van der Waals surface area contributed by atoms with Crippen molar-refractivity contribution >= 4 is 5.91 Å². The Morgan fingerprint density at radius 1 is 1.40 bits per heavy atom. The van der Waals surface area contributed by atoms with Crippen molar-refractivity contribution < 1.29 is 4.79 Å². The highest BCUT2D eigenvalue weighted by Gasteiger charge is 2.36. The average molecular weight is 210 g/mol. The monoisotopic (exact) mass is 210 g/mol. The van der Waals surface area contributed by atoms with Gasteiger partial charge in [-0.1, -0.05) is 6.42 Å². The molecule has 2 rings (SSSR count). The van der Waals surface area contributed by atoms with E-state index in [4.69, 9.17) is 5.73 Å². The molecule has 1 saturated heterocycles. The molecule has 1 heterocycles. The molecule has 0 aromatic heterocycles. The van der Waals surface area contributed by atoms with Gasteiger partial charge < -0.3 is 10.6 Å². The van der Waals surface area contributed by atoms with Gasteiger partial charge in [-0.15, -0.1) is 0 Å². The maximum absolute atomic E-state index is 12.0. The molecular formula is C12H22N2O. The molecular weight excluding hydrogens is 188 g/mol. The Balaban J connectivity index is 1.91. The van der Waals surface area contributed by atoms with E-state index in [-0.39, 0.29) is 11.9 Å². The van der Waals surface area contributed by atoms with Gasteiger partial charge in [0, 0.05) is 25.0 Å². The number of amides is 1. The zero-order valence-corrected chi connectivity index (χ0v) is 9.61. The van der Waals surface area contributed by atoms with Crippen molar-refractivity contribution in [2.24, 2.45) is 11.7 Å². The van der Waals surface area contributed by atoms with Gasteiger partial charge in [0.25, 0.3) is 0 Å². The van der Waals surface area contributed by atoms with Crippen LogP contribution in [-0.4, -0.2) is 29.4 Å². The maximum Gasteiger partial charge on any atom is 0.224 e. The number of rotatable bonds is 3. The molecule has 86 valence electrons. The first kappa shape index (κ1) is 10.9. The third-order valence-corrected chi connectivity index (χ3v) is 3.81. The molecule has 0 aromatic carbocycles. The van der Waals surface area contributed by atoms with E-state index >= 15 is 0 Å². The molecule has 1 aliphatic carbocycles. The first-order valence-corrected chi connectivity index (χ1v) is 6.23. The summed E-state index contributed by atoms with van der Waals surface area (Å²) in [4.78, 5) is 14.1. The van der Waals surface area contributed by atoms with E-state index in [1.165, 1.54) is 32.1 Å². The topological polar surface area (TPSA) is 46.3 Å². The van der Waals surface area contributed by atoms with Crippen LogP contribution in [0.3, 0.4) is 0 Å². The second-order valence-corrected chi connectivity index (χ2v) is 5.17. The lowest BCUT2D eigenvalue weighted by atomic mass is 9.78. The second-order valence-electron chi connectivity index (χ2n) is 5.17. The summed E-state index contributed by atoms with van der Waals surface area (Å²) in [6, 6.07) is 0.546. The Morgan fingerprint density at radius 3 is 2.67 bits per heavy atom. The molecule has 1 saturated carbocycles. The molecule has 2 unspecified atom stereocenters. The third kappa shape index (κ3) is 2.33. The molecule has 2 N–H and O–H groups in total. The summed E-state index contributed by atoms with van der Waals surface area (Å²) in [7, 11) is 0. The van der Waals surface area contributed by atoms with Crippen molar-refractivity contribution in [3.05, 3.63) is 0 Å². The molecule has 3 nitrogen and oxygen atoms in total. The van der Waals surface area contributed by atoms with E-state index in [1.807, 2.05) is 6.92 Å². The van der Waals surface area contributed by atoms with Gasteiger partial charge in [-0.3, -0.25) is 4.79 Å². The van der Waals surface area contributed by atoms with Crippen LogP contribution in [0.4, 0.5) is 0 Å². The molecule has 0 aromatic rings. The summed E-state index contributed by atoms with van der Waals surface area (Å²) in [6.07, 6.45) is 6.93. The van der Waals surface area contributed by atoms with E-state index in [0.29, 0.717) is 12.5 Å². The highest BCUT2D eigenvalue weighted by molar-refractivity contribution is 5.77. The number of hydrogen-bond donors (Lipinski definition) is 1. The van der Waals surface area contributed by atoms with Gasteiger partial charge >= 0.3 is 0 Å². The minimum absolute atomic E-state index is 0.000130. The normalized spacial score (nSPS) is 28.9. The molecule has 3 heteroatoms.